The number of phenols is 1. The van der Waals surface area contributed by atoms with Crippen molar-refractivity contribution in [1.82, 2.24) is 16.0 Å². The lowest BCUT2D eigenvalue weighted by Crippen LogP contribution is -2.58. The number of hydrogen-bond donors (Lipinski definition) is 9. The van der Waals surface area contributed by atoms with E-state index in [4.69, 9.17) is 22.9 Å². The Bertz CT molecular complexity index is 1040. The lowest BCUT2D eigenvalue weighted by atomic mass is 10.0. The van der Waals surface area contributed by atoms with Gasteiger partial charge in [-0.15, -0.1) is 0 Å². The van der Waals surface area contributed by atoms with Gasteiger partial charge in [-0.2, -0.15) is 0 Å². The van der Waals surface area contributed by atoms with E-state index in [1.54, 1.807) is 13.8 Å². The number of primary amides is 1. The molecule has 4 unspecified atom stereocenters. The zero-order valence-electron chi connectivity index (χ0n) is 21.9. The van der Waals surface area contributed by atoms with Crippen LogP contribution in [0, 0.1) is 5.92 Å². The quantitative estimate of drug-likeness (QED) is 0.0587. The maximum atomic E-state index is 13.1. The summed E-state index contributed by atoms with van der Waals surface area (Å²) in [6, 6.07) is 0.713. The molecule has 4 atom stereocenters. The molecule has 0 bridgehead atoms. The number of carbonyl (C=O) groups excluding carboxylic acids is 4. The van der Waals surface area contributed by atoms with E-state index in [1.165, 1.54) is 24.3 Å². The molecule has 39 heavy (non-hydrogen) atoms. The van der Waals surface area contributed by atoms with E-state index in [0.717, 1.165) is 0 Å². The molecule has 1 aromatic rings. The zero-order chi connectivity index (χ0) is 29.7. The van der Waals surface area contributed by atoms with Gasteiger partial charge in [0.25, 0.3) is 0 Å². The molecule has 1 rings (SSSR count). The van der Waals surface area contributed by atoms with Gasteiger partial charge in [-0.1, -0.05) is 26.0 Å². The van der Waals surface area contributed by atoms with Crippen molar-refractivity contribution in [3.05, 3.63) is 29.8 Å². The Balaban J connectivity index is 3.10. The predicted octanol–water partition coefficient (Wildman–Crippen LogP) is -2.61. The summed E-state index contributed by atoms with van der Waals surface area (Å²) >= 11 is 0. The van der Waals surface area contributed by atoms with Gasteiger partial charge in [0, 0.05) is 13.0 Å². The second-order valence-corrected chi connectivity index (χ2v) is 9.28. The van der Waals surface area contributed by atoms with Crippen molar-refractivity contribution in [1.29, 1.82) is 0 Å². The maximum Gasteiger partial charge on any atom is 0.326 e. The number of aromatic hydroxyl groups is 1. The molecule has 0 radical (unpaired) electrons. The minimum absolute atomic E-state index is 0.00910. The summed E-state index contributed by atoms with van der Waals surface area (Å²) in [7, 11) is 0. The van der Waals surface area contributed by atoms with E-state index in [1.807, 2.05) is 0 Å². The van der Waals surface area contributed by atoms with Gasteiger partial charge in [0.1, 0.15) is 23.9 Å². The van der Waals surface area contributed by atoms with Crippen LogP contribution < -0.4 is 38.9 Å². The minimum atomic E-state index is -1.43. The van der Waals surface area contributed by atoms with Crippen LogP contribution in [0.3, 0.4) is 0 Å². The molecular weight excluding hydrogens is 512 g/mol. The van der Waals surface area contributed by atoms with Crippen LogP contribution in [-0.2, 0) is 30.4 Å². The van der Waals surface area contributed by atoms with Gasteiger partial charge in [-0.25, -0.2) is 4.79 Å². The Hall–Kier alpha value is -4.40. The molecular formula is C24H38N8O7. The van der Waals surface area contributed by atoms with Crippen molar-refractivity contribution in [2.45, 2.75) is 63.7 Å². The summed E-state index contributed by atoms with van der Waals surface area (Å²) in [6.45, 7) is 3.51. The van der Waals surface area contributed by atoms with Crippen LogP contribution >= 0.6 is 0 Å². The first-order valence-corrected chi connectivity index (χ1v) is 12.2. The highest BCUT2D eigenvalue weighted by Crippen LogP contribution is 2.12. The van der Waals surface area contributed by atoms with Crippen molar-refractivity contribution < 1.29 is 34.2 Å². The second-order valence-electron chi connectivity index (χ2n) is 9.28. The highest BCUT2D eigenvalue weighted by Gasteiger charge is 2.31. The Labute approximate surface area is 225 Å². The van der Waals surface area contributed by atoms with E-state index >= 15 is 0 Å². The number of benzene rings is 1. The van der Waals surface area contributed by atoms with Crippen molar-refractivity contribution in [3.63, 3.8) is 0 Å². The third-order valence-corrected chi connectivity index (χ3v) is 5.63. The van der Waals surface area contributed by atoms with Gasteiger partial charge < -0.3 is 49.1 Å². The molecule has 0 saturated carbocycles. The molecule has 0 spiro atoms. The fraction of sp³-hybridized carbons (Fsp3) is 0.500. The number of aliphatic carboxylic acids is 1. The molecule has 4 amide bonds. The molecule has 0 fully saturated rings. The summed E-state index contributed by atoms with van der Waals surface area (Å²) in [5, 5.41) is 26.3. The van der Waals surface area contributed by atoms with E-state index in [0.29, 0.717) is 5.56 Å². The number of rotatable bonds is 16. The molecule has 0 aliphatic heterocycles. The number of guanidine groups is 1. The molecule has 216 valence electrons. The zero-order valence-corrected chi connectivity index (χ0v) is 21.9. The average molecular weight is 551 g/mol. The first-order valence-electron chi connectivity index (χ1n) is 12.2. The summed E-state index contributed by atoms with van der Waals surface area (Å²) in [5.74, 6) is -5.09. The largest absolute Gasteiger partial charge is 0.508 e. The first-order chi connectivity index (χ1) is 18.2. The summed E-state index contributed by atoms with van der Waals surface area (Å²) in [5.41, 5.74) is 22.2. The third kappa shape index (κ3) is 12.1. The standard InChI is InChI=1S/C24H38N8O7/c1-12(2)19(26)22(37)31-16(11-18(25)34)21(36)30-15(4-3-9-29-24(27)28)20(35)32-17(23(38)39)10-13-5-7-14(33)8-6-13/h5-8,12,15-17,19,33H,3-4,9-11,26H2,1-2H3,(H2,25,34)(H,30,36)(H,31,37)(H,32,35)(H,38,39)(H4,27,28,29). The fourth-order valence-corrected chi connectivity index (χ4v) is 3.37. The number of nitrogens with two attached hydrogens (primary N) is 4. The topological polar surface area (TPSA) is 278 Å². The molecule has 15 nitrogen and oxygen atoms in total. The molecule has 0 heterocycles. The number of nitrogens with one attached hydrogen (secondary N) is 3. The van der Waals surface area contributed by atoms with Gasteiger partial charge in [0.15, 0.2) is 5.96 Å². The van der Waals surface area contributed by atoms with Gasteiger partial charge in [-0.05, 0) is 36.5 Å². The SMILES string of the molecule is CC(C)C(N)C(=O)NC(CC(N)=O)C(=O)NC(CCCN=C(N)N)C(=O)NC(Cc1ccc(O)cc1)C(=O)O. The monoisotopic (exact) mass is 550 g/mol. The number of amides is 4. The minimum Gasteiger partial charge on any atom is -0.508 e. The number of carboxylic acid groups (broad SMARTS) is 1. The number of nitrogens with zero attached hydrogens (tertiary/aromatic N) is 1. The van der Waals surface area contributed by atoms with E-state index < -0.39 is 60.2 Å². The van der Waals surface area contributed by atoms with Gasteiger partial charge >= 0.3 is 5.97 Å². The number of phenolic OH excluding ortho intramolecular Hbond substituents is 1. The Kier molecular flexibility index (Phi) is 13.2. The summed E-state index contributed by atoms with van der Waals surface area (Å²) in [4.78, 5) is 65.8. The Morgan fingerprint density at radius 2 is 1.41 bits per heavy atom. The fourth-order valence-electron chi connectivity index (χ4n) is 3.37. The highest BCUT2D eigenvalue weighted by atomic mass is 16.4. The highest BCUT2D eigenvalue weighted by molar-refractivity contribution is 5.96. The number of carboxylic acids is 1. The maximum absolute atomic E-state index is 13.1. The second kappa shape index (κ2) is 15.8. The molecule has 0 saturated heterocycles. The molecule has 0 aliphatic rings. The van der Waals surface area contributed by atoms with E-state index in [9.17, 15) is 34.2 Å². The van der Waals surface area contributed by atoms with Crippen LogP contribution in [0.2, 0.25) is 0 Å². The van der Waals surface area contributed by atoms with Crippen molar-refractivity contribution in [3.8, 4) is 5.75 Å². The van der Waals surface area contributed by atoms with Crippen molar-refractivity contribution >= 4 is 35.6 Å². The molecule has 0 aliphatic carbocycles. The van der Waals surface area contributed by atoms with Crippen LogP contribution in [0.25, 0.3) is 0 Å². The van der Waals surface area contributed by atoms with Crippen LogP contribution in [0.5, 0.6) is 5.75 Å². The summed E-state index contributed by atoms with van der Waals surface area (Å²) < 4.78 is 0. The Morgan fingerprint density at radius 3 is 1.92 bits per heavy atom. The lowest BCUT2D eigenvalue weighted by molar-refractivity contribution is -0.142. The molecule has 1 aromatic carbocycles. The van der Waals surface area contributed by atoms with Gasteiger partial charge in [0.2, 0.25) is 23.6 Å². The van der Waals surface area contributed by atoms with Crippen LogP contribution in [0.1, 0.15) is 38.7 Å². The number of carbonyl (C=O) groups is 5. The molecule has 13 N–H and O–H groups in total. The molecule has 15 heteroatoms. The number of aliphatic imine (C=N–C) groups is 1. The lowest BCUT2D eigenvalue weighted by Gasteiger charge is -2.25. The summed E-state index contributed by atoms with van der Waals surface area (Å²) in [6.07, 6.45) is -0.466. The van der Waals surface area contributed by atoms with Crippen molar-refractivity contribution in [2.75, 3.05) is 6.54 Å². The smallest absolute Gasteiger partial charge is 0.326 e. The number of hydrogen-bond acceptors (Lipinski definition) is 8. The van der Waals surface area contributed by atoms with Gasteiger partial charge in [0.05, 0.1) is 12.5 Å². The van der Waals surface area contributed by atoms with Crippen LogP contribution in [0.4, 0.5) is 0 Å². The first kappa shape index (κ1) is 32.6. The average Bonchev–Trinajstić information content (AvgIpc) is 2.84. The normalized spacial score (nSPS) is 13.8. The van der Waals surface area contributed by atoms with E-state index in [2.05, 4.69) is 20.9 Å². The van der Waals surface area contributed by atoms with Gasteiger partial charge in [-0.3, -0.25) is 24.2 Å². The van der Waals surface area contributed by atoms with Crippen LogP contribution in [0.15, 0.2) is 29.3 Å². The van der Waals surface area contributed by atoms with Crippen molar-refractivity contribution in [2.24, 2.45) is 33.8 Å². The Morgan fingerprint density at radius 1 is 0.872 bits per heavy atom. The third-order valence-electron chi connectivity index (χ3n) is 5.63. The van der Waals surface area contributed by atoms with Crippen LogP contribution in [-0.4, -0.2) is 76.5 Å². The molecule has 0 aromatic heterocycles. The van der Waals surface area contributed by atoms with E-state index in [-0.39, 0.29) is 43.4 Å². The predicted molar refractivity (Wildman–Crippen MR) is 142 cm³/mol.